The predicted octanol–water partition coefficient (Wildman–Crippen LogP) is 3.97. The Morgan fingerprint density at radius 2 is 1.50 bits per heavy atom. The summed E-state index contributed by atoms with van der Waals surface area (Å²) in [5, 5.41) is 4.17. The third-order valence-electron chi connectivity index (χ3n) is 3.78. The minimum atomic E-state index is -0.105. The standard InChI is InChI=1S/C19H12N2O2S/c22-17-14-8-4-5-9-15(14)18(23)19-16(17)10-13(24-19)11-20-21-12-6-2-1-3-7-12/h1-11,21H/b20-11+. The molecule has 4 rings (SSSR count). The van der Waals surface area contributed by atoms with Crippen LogP contribution in [0.15, 0.2) is 65.8 Å². The second kappa shape index (κ2) is 5.86. The number of anilines is 1. The zero-order valence-electron chi connectivity index (χ0n) is 12.5. The fourth-order valence-electron chi connectivity index (χ4n) is 2.64. The van der Waals surface area contributed by atoms with E-state index in [1.807, 2.05) is 30.3 Å². The molecule has 1 N–H and O–H groups in total. The quantitative estimate of drug-likeness (QED) is 0.456. The number of benzene rings is 2. The lowest BCUT2D eigenvalue weighted by molar-refractivity contribution is 0.0982. The SMILES string of the molecule is O=C1c2ccccc2C(=O)c2sc(/C=N/Nc3ccccc3)cc21. The van der Waals surface area contributed by atoms with E-state index in [0.29, 0.717) is 21.6 Å². The maximum absolute atomic E-state index is 12.6. The molecule has 1 aliphatic carbocycles. The monoisotopic (exact) mass is 332 g/mol. The first-order valence-electron chi connectivity index (χ1n) is 7.40. The van der Waals surface area contributed by atoms with Crippen molar-refractivity contribution in [2.45, 2.75) is 0 Å². The van der Waals surface area contributed by atoms with Gasteiger partial charge in [-0.2, -0.15) is 5.10 Å². The van der Waals surface area contributed by atoms with Gasteiger partial charge in [-0.25, -0.2) is 0 Å². The van der Waals surface area contributed by atoms with Gasteiger partial charge in [-0.3, -0.25) is 15.0 Å². The number of hydrazone groups is 1. The molecule has 4 nitrogen and oxygen atoms in total. The molecule has 5 heteroatoms. The van der Waals surface area contributed by atoms with Crippen LogP contribution in [-0.2, 0) is 0 Å². The molecule has 0 amide bonds. The van der Waals surface area contributed by atoms with E-state index in [1.165, 1.54) is 11.3 Å². The lowest BCUT2D eigenvalue weighted by Crippen LogP contribution is -2.18. The van der Waals surface area contributed by atoms with Crippen molar-refractivity contribution in [3.63, 3.8) is 0 Å². The molecule has 0 atom stereocenters. The highest BCUT2D eigenvalue weighted by Crippen LogP contribution is 2.32. The summed E-state index contributed by atoms with van der Waals surface area (Å²) in [4.78, 5) is 26.4. The van der Waals surface area contributed by atoms with Crippen molar-refractivity contribution in [3.05, 3.63) is 87.1 Å². The van der Waals surface area contributed by atoms with Crippen LogP contribution in [0.5, 0.6) is 0 Å². The van der Waals surface area contributed by atoms with Crippen LogP contribution in [0.4, 0.5) is 5.69 Å². The van der Waals surface area contributed by atoms with Gasteiger partial charge in [-0.1, -0.05) is 42.5 Å². The maximum atomic E-state index is 12.6. The van der Waals surface area contributed by atoms with Crippen molar-refractivity contribution in [2.24, 2.45) is 5.10 Å². The lowest BCUT2D eigenvalue weighted by atomic mass is 9.89. The van der Waals surface area contributed by atoms with Crippen molar-refractivity contribution in [1.82, 2.24) is 0 Å². The van der Waals surface area contributed by atoms with Gasteiger partial charge in [0, 0.05) is 21.6 Å². The molecule has 2 aromatic carbocycles. The Morgan fingerprint density at radius 3 is 2.25 bits per heavy atom. The van der Waals surface area contributed by atoms with E-state index >= 15 is 0 Å². The Morgan fingerprint density at radius 1 is 0.833 bits per heavy atom. The molecule has 1 aliphatic rings. The minimum Gasteiger partial charge on any atom is -0.289 e. The number of ketones is 2. The second-order valence-electron chi connectivity index (χ2n) is 5.33. The number of hydrogen-bond acceptors (Lipinski definition) is 5. The normalized spacial score (nSPS) is 13.0. The van der Waals surface area contributed by atoms with E-state index in [9.17, 15) is 9.59 Å². The molecular formula is C19H12N2O2S. The van der Waals surface area contributed by atoms with Gasteiger partial charge in [0.15, 0.2) is 5.78 Å². The molecule has 0 radical (unpaired) electrons. The Hall–Kier alpha value is -3.05. The number of fused-ring (bicyclic) bond motifs is 2. The van der Waals surface area contributed by atoms with E-state index in [1.54, 1.807) is 36.5 Å². The first kappa shape index (κ1) is 14.5. The number of nitrogens with zero attached hydrogens (tertiary/aromatic N) is 1. The zero-order valence-corrected chi connectivity index (χ0v) is 13.3. The van der Waals surface area contributed by atoms with E-state index in [0.717, 1.165) is 10.6 Å². The van der Waals surface area contributed by atoms with Crippen LogP contribution in [0.1, 0.15) is 36.0 Å². The van der Waals surface area contributed by atoms with Gasteiger partial charge in [0.05, 0.1) is 16.8 Å². The second-order valence-corrected chi connectivity index (χ2v) is 6.42. The zero-order chi connectivity index (χ0) is 16.5. The molecule has 1 heterocycles. The van der Waals surface area contributed by atoms with Crippen LogP contribution < -0.4 is 5.43 Å². The number of thiophene rings is 1. The smallest absolute Gasteiger partial charge is 0.204 e. The summed E-state index contributed by atoms with van der Waals surface area (Å²) in [5.74, 6) is -0.201. The number of carbonyl (C=O) groups is 2. The summed E-state index contributed by atoms with van der Waals surface area (Å²) < 4.78 is 0. The first-order chi connectivity index (χ1) is 11.7. The summed E-state index contributed by atoms with van der Waals surface area (Å²) in [5.41, 5.74) is 5.20. The third-order valence-corrected chi connectivity index (χ3v) is 4.85. The molecule has 0 saturated heterocycles. The molecule has 0 saturated carbocycles. The highest BCUT2D eigenvalue weighted by atomic mass is 32.1. The molecule has 24 heavy (non-hydrogen) atoms. The minimum absolute atomic E-state index is 0.0964. The van der Waals surface area contributed by atoms with Gasteiger partial charge in [0.1, 0.15) is 0 Å². The van der Waals surface area contributed by atoms with Crippen molar-refractivity contribution < 1.29 is 9.59 Å². The highest BCUT2D eigenvalue weighted by Gasteiger charge is 2.31. The topological polar surface area (TPSA) is 58.5 Å². The third kappa shape index (κ3) is 2.45. The van der Waals surface area contributed by atoms with Crippen LogP contribution in [0.2, 0.25) is 0 Å². The van der Waals surface area contributed by atoms with Gasteiger partial charge >= 0.3 is 0 Å². The largest absolute Gasteiger partial charge is 0.289 e. The van der Waals surface area contributed by atoms with E-state index < -0.39 is 0 Å². The fraction of sp³-hybridized carbons (Fsp3) is 0. The summed E-state index contributed by atoms with van der Waals surface area (Å²) in [7, 11) is 0. The molecule has 0 unspecified atom stereocenters. The lowest BCUT2D eigenvalue weighted by Gasteiger charge is -2.12. The molecule has 0 bridgehead atoms. The molecule has 0 aliphatic heterocycles. The Bertz CT molecular complexity index is 922. The molecule has 1 aromatic heterocycles. The van der Waals surface area contributed by atoms with Crippen molar-refractivity contribution in [1.29, 1.82) is 0 Å². The maximum Gasteiger partial charge on any atom is 0.204 e. The first-order valence-corrected chi connectivity index (χ1v) is 8.22. The van der Waals surface area contributed by atoms with Gasteiger partial charge in [-0.05, 0) is 18.2 Å². The van der Waals surface area contributed by atoms with E-state index in [-0.39, 0.29) is 11.6 Å². The summed E-state index contributed by atoms with van der Waals surface area (Å²) in [6, 6.07) is 18.2. The molecule has 116 valence electrons. The molecule has 0 fully saturated rings. The van der Waals surface area contributed by atoms with Crippen LogP contribution in [0.25, 0.3) is 0 Å². The number of rotatable bonds is 3. The van der Waals surface area contributed by atoms with Gasteiger partial charge in [0.2, 0.25) is 5.78 Å². The Balaban J connectivity index is 1.63. The Labute approximate surface area is 142 Å². The fourth-order valence-corrected chi connectivity index (χ4v) is 3.62. The summed E-state index contributed by atoms with van der Waals surface area (Å²) >= 11 is 1.29. The number of para-hydroxylation sites is 1. The van der Waals surface area contributed by atoms with Crippen molar-refractivity contribution in [2.75, 3.05) is 5.43 Å². The predicted molar refractivity (Wildman–Crippen MR) is 95.3 cm³/mol. The highest BCUT2D eigenvalue weighted by molar-refractivity contribution is 7.16. The molecule has 0 spiro atoms. The summed E-state index contributed by atoms with van der Waals surface area (Å²) in [6.45, 7) is 0. The average molecular weight is 332 g/mol. The molecule has 3 aromatic rings. The van der Waals surface area contributed by atoms with Crippen LogP contribution in [0.3, 0.4) is 0 Å². The van der Waals surface area contributed by atoms with Crippen molar-refractivity contribution in [3.8, 4) is 0 Å². The van der Waals surface area contributed by atoms with Crippen LogP contribution >= 0.6 is 11.3 Å². The van der Waals surface area contributed by atoms with Gasteiger partial charge in [0.25, 0.3) is 0 Å². The van der Waals surface area contributed by atoms with Gasteiger partial charge < -0.3 is 0 Å². The molecular weight excluding hydrogens is 320 g/mol. The number of nitrogens with one attached hydrogen (secondary N) is 1. The Kier molecular flexibility index (Phi) is 3.55. The van der Waals surface area contributed by atoms with Gasteiger partial charge in [-0.15, -0.1) is 11.3 Å². The van der Waals surface area contributed by atoms with Crippen molar-refractivity contribution >= 4 is 34.8 Å². The number of carbonyl (C=O) groups excluding carboxylic acids is 2. The number of hydrogen-bond donors (Lipinski definition) is 1. The van der Waals surface area contributed by atoms with Crippen LogP contribution in [-0.4, -0.2) is 17.8 Å². The van der Waals surface area contributed by atoms with Crippen LogP contribution in [0, 0.1) is 0 Å². The van der Waals surface area contributed by atoms with E-state index in [2.05, 4.69) is 10.5 Å². The van der Waals surface area contributed by atoms with E-state index in [4.69, 9.17) is 0 Å². The summed E-state index contributed by atoms with van der Waals surface area (Å²) in [6.07, 6.45) is 1.63. The average Bonchev–Trinajstić information content (AvgIpc) is 3.05.